The van der Waals surface area contributed by atoms with E-state index in [2.05, 4.69) is 32.7 Å². The summed E-state index contributed by atoms with van der Waals surface area (Å²) in [6.45, 7) is 1.01. The molecule has 2 aromatic rings. The molecule has 0 aromatic carbocycles. The molecule has 0 saturated heterocycles. The highest BCUT2D eigenvalue weighted by Crippen LogP contribution is 2.20. The normalized spacial score (nSPS) is 14.0. The van der Waals surface area contributed by atoms with Crippen LogP contribution >= 0.6 is 11.6 Å². The molecule has 0 amide bonds. The summed E-state index contributed by atoms with van der Waals surface area (Å²) < 4.78 is 0. The molecule has 1 unspecified atom stereocenters. The third kappa shape index (κ3) is 6.85. The molecule has 0 fully saturated rings. The van der Waals surface area contributed by atoms with Crippen molar-refractivity contribution in [2.45, 2.75) is 63.8 Å². The first kappa shape index (κ1) is 21.3. The molecular weight excluding hydrogens is 390 g/mol. The summed E-state index contributed by atoms with van der Waals surface area (Å²) in [5.41, 5.74) is 2.47. The van der Waals surface area contributed by atoms with Gasteiger partial charge >= 0.3 is 5.97 Å². The Morgan fingerprint density at radius 3 is 2.86 bits per heavy atom. The summed E-state index contributed by atoms with van der Waals surface area (Å²) in [5, 5.41) is 16.0. The van der Waals surface area contributed by atoms with Crippen LogP contribution in [0.1, 0.15) is 56.2 Å². The van der Waals surface area contributed by atoms with Crippen LogP contribution in [0.2, 0.25) is 5.15 Å². The molecular formula is C21H28ClN5O2. The van der Waals surface area contributed by atoms with Crippen LogP contribution in [0.3, 0.4) is 0 Å². The Balaban J connectivity index is 1.32. The summed E-state index contributed by atoms with van der Waals surface area (Å²) >= 11 is 5.82. The van der Waals surface area contributed by atoms with Gasteiger partial charge in [0.15, 0.2) is 0 Å². The van der Waals surface area contributed by atoms with Crippen molar-refractivity contribution in [3.8, 4) is 0 Å². The smallest absolute Gasteiger partial charge is 0.326 e. The number of aromatic nitrogens is 3. The van der Waals surface area contributed by atoms with Crippen LogP contribution in [-0.4, -0.2) is 38.6 Å². The molecule has 3 rings (SSSR count). The van der Waals surface area contributed by atoms with Crippen molar-refractivity contribution in [2.75, 3.05) is 17.2 Å². The minimum Gasteiger partial charge on any atom is -0.480 e. The lowest BCUT2D eigenvalue weighted by atomic mass is 10.0. The molecule has 3 heterocycles. The van der Waals surface area contributed by atoms with Gasteiger partial charge in [0.2, 0.25) is 0 Å². The van der Waals surface area contributed by atoms with Gasteiger partial charge in [-0.05, 0) is 43.7 Å². The van der Waals surface area contributed by atoms with E-state index in [1.54, 1.807) is 0 Å². The number of unbranched alkanes of at least 4 members (excludes halogenated alkanes) is 4. The number of hydrogen-bond acceptors (Lipinski definition) is 6. The highest BCUT2D eigenvalue weighted by atomic mass is 35.5. The Morgan fingerprint density at radius 1 is 1.21 bits per heavy atom. The van der Waals surface area contributed by atoms with E-state index in [-0.39, 0.29) is 5.15 Å². The van der Waals surface area contributed by atoms with Crippen molar-refractivity contribution in [1.29, 1.82) is 0 Å². The molecule has 1 atom stereocenters. The Labute approximate surface area is 176 Å². The fraction of sp³-hybridized carbons (Fsp3) is 0.524. The van der Waals surface area contributed by atoms with Gasteiger partial charge in [0.1, 0.15) is 29.2 Å². The maximum atomic E-state index is 11.5. The van der Waals surface area contributed by atoms with E-state index in [9.17, 15) is 9.90 Å². The Hall–Kier alpha value is -2.41. The van der Waals surface area contributed by atoms with Crippen molar-refractivity contribution >= 4 is 29.2 Å². The van der Waals surface area contributed by atoms with E-state index in [1.165, 1.54) is 24.4 Å². The van der Waals surface area contributed by atoms with Crippen LogP contribution in [0.25, 0.3) is 0 Å². The van der Waals surface area contributed by atoms with E-state index in [4.69, 9.17) is 16.6 Å². The highest BCUT2D eigenvalue weighted by molar-refractivity contribution is 6.29. The number of hydrogen-bond donors (Lipinski definition) is 3. The van der Waals surface area contributed by atoms with Crippen molar-refractivity contribution < 1.29 is 9.90 Å². The lowest BCUT2D eigenvalue weighted by Gasteiger charge is -2.17. The van der Waals surface area contributed by atoms with Gasteiger partial charge in [0, 0.05) is 18.3 Å². The first-order valence-electron chi connectivity index (χ1n) is 10.3. The highest BCUT2D eigenvalue weighted by Gasteiger charge is 2.17. The first-order chi connectivity index (χ1) is 14.1. The first-order valence-corrected chi connectivity index (χ1v) is 10.7. The topological polar surface area (TPSA) is 100 Å². The molecule has 0 bridgehead atoms. The predicted molar refractivity (Wildman–Crippen MR) is 115 cm³/mol. The third-order valence-corrected chi connectivity index (χ3v) is 5.34. The SMILES string of the molecule is O=C(O)C(CCCCCCCc1ccc2c(n1)NCCC2)Nc1cc(Cl)ncn1. The molecule has 156 valence electrons. The van der Waals surface area contributed by atoms with Crippen molar-refractivity contribution in [3.05, 3.63) is 40.9 Å². The summed E-state index contributed by atoms with van der Waals surface area (Å²) in [6, 6.07) is 5.21. The second-order valence-electron chi connectivity index (χ2n) is 7.41. The number of carboxylic acid groups (broad SMARTS) is 1. The van der Waals surface area contributed by atoms with Gasteiger partial charge < -0.3 is 15.7 Å². The van der Waals surface area contributed by atoms with Crippen LogP contribution in [0.4, 0.5) is 11.6 Å². The van der Waals surface area contributed by atoms with E-state index in [1.807, 2.05) is 0 Å². The Bertz CT molecular complexity index is 817. The zero-order chi connectivity index (χ0) is 20.5. The van der Waals surface area contributed by atoms with Gasteiger partial charge in [-0.3, -0.25) is 0 Å². The third-order valence-electron chi connectivity index (χ3n) is 5.13. The number of rotatable bonds is 11. The van der Waals surface area contributed by atoms with Crippen molar-refractivity contribution in [2.24, 2.45) is 0 Å². The monoisotopic (exact) mass is 417 g/mol. The molecule has 0 saturated carbocycles. The summed E-state index contributed by atoms with van der Waals surface area (Å²) in [5.74, 6) is 0.613. The molecule has 8 heteroatoms. The van der Waals surface area contributed by atoms with Crippen molar-refractivity contribution in [1.82, 2.24) is 15.0 Å². The van der Waals surface area contributed by atoms with Gasteiger partial charge in [-0.1, -0.05) is 43.4 Å². The van der Waals surface area contributed by atoms with Gasteiger partial charge in [-0.15, -0.1) is 0 Å². The number of aryl methyl sites for hydroxylation is 2. The lowest BCUT2D eigenvalue weighted by molar-refractivity contribution is -0.138. The second kappa shape index (κ2) is 11.0. The van der Waals surface area contributed by atoms with E-state index < -0.39 is 12.0 Å². The zero-order valence-electron chi connectivity index (χ0n) is 16.5. The van der Waals surface area contributed by atoms with Crippen LogP contribution in [-0.2, 0) is 17.6 Å². The largest absolute Gasteiger partial charge is 0.480 e. The van der Waals surface area contributed by atoms with Gasteiger partial charge in [0.25, 0.3) is 0 Å². The van der Waals surface area contributed by atoms with Crippen LogP contribution < -0.4 is 10.6 Å². The Morgan fingerprint density at radius 2 is 2.03 bits per heavy atom. The molecule has 3 N–H and O–H groups in total. The van der Waals surface area contributed by atoms with Gasteiger partial charge in [-0.25, -0.2) is 19.7 Å². The number of carbonyl (C=O) groups is 1. The number of halogens is 1. The molecule has 0 aliphatic carbocycles. The summed E-state index contributed by atoms with van der Waals surface area (Å²) in [7, 11) is 0. The van der Waals surface area contributed by atoms with Gasteiger partial charge in [0.05, 0.1) is 0 Å². The number of carboxylic acids is 1. The maximum absolute atomic E-state index is 11.5. The predicted octanol–water partition coefficient (Wildman–Crippen LogP) is 4.33. The molecule has 2 aromatic heterocycles. The molecule has 1 aliphatic heterocycles. The average molecular weight is 418 g/mol. The fourth-order valence-electron chi connectivity index (χ4n) is 3.54. The van der Waals surface area contributed by atoms with Crippen LogP contribution in [0, 0.1) is 0 Å². The zero-order valence-corrected chi connectivity index (χ0v) is 17.3. The lowest BCUT2D eigenvalue weighted by Crippen LogP contribution is -2.29. The van der Waals surface area contributed by atoms with Crippen LogP contribution in [0.15, 0.2) is 24.5 Å². The molecule has 29 heavy (non-hydrogen) atoms. The number of aliphatic carboxylic acids is 1. The summed E-state index contributed by atoms with van der Waals surface area (Å²) in [4.78, 5) is 24.0. The number of nitrogens with zero attached hydrogens (tertiary/aromatic N) is 3. The van der Waals surface area contributed by atoms with Crippen LogP contribution in [0.5, 0.6) is 0 Å². The number of anilines is 2. The molecule has 0 spiro atoms. The quantitative estimate of drug-likeness (QED) is 0.369. The second-order valence-corrected chi connectivity index (χ2v) is 7.80. The average Bonchev–Trinajstić information content (AvgIpc) is 2.72. The minimum atomic E-state index is -0.883. The maximum Gasteiger partial charge on any atom is 0.326 e. The molecule has 7 nitrogen and oxygen atoms in total. The van der Waals surface area contributed by atoms with Gasteiger partial charge in [-0.2, -0.15) is 0 Å². The van der Waals surface area contributed by atoms with E-state index >= 15 is 0 Å². The molecule has 0 radical (unpaired) electrons. The number of fused-ring (bicyclic) bond motifs is 1. The molecule has 1 aliphatic rings. The number of nitrogens with one attached hydrogen (secondary N) is 2. The standard InChI is InChI=1S/C21H28ClN5O2/c22-18-13-19(25-14-24-18)27-17(21(28)29)9-5-3-1-2-4-8-16-11-10-15-7-6-12-23-20(15)26-16/h10-11,13-14,17H,1-9,12H2,(H,23,26)(H,28,29)(H,24,25,27). The summed E-state index contributed by atoms with van der Waals surface area (Å²) in [6.07, 6.45) is 10.3. The minimum absolute atomic E-state index is 0.288. The Kier molecular flexibility index (Phi) is 8.04. The fourth-order valence-corrected chi connectivity index (χ4v) is 3.69. The number of pyridine rings is 1. The van der Waals surface area contributed by atoms with Crippen molar-refractivity contribution in [3.63, 3.8) is 0 Å². The van der Waals surface area contributed by atoms with E-state index in [0.29, 0.717) is 12.2 Å². The van der Waals surface area contributed by atoms with E-state index in [0.717, 1.165) is 63.0 Å².